The van der Waals surface area contributed by atoms with Crippen LogP contribution >= 0.6 is 15.9 Å². The maximum absolute atomic E-state index is 13.4. The van der Waals surface area contributed by atoms with Crippen LogP contribution in [0.25, 0.3) is 0 Å². The number of rotatable bonds is 2. The van der Waals surface area contributed by atoms with Gasteiger partial charge in [-0.1, -0.05) is 34.1 Å². The van der Waals surface area contributed by atoms with Gasteiger partial charge in [-0.3, -0.25) is 4.39 Å². The van der Waals surface area contributed by atoms with E-state index in [1.807, 2.05) is 24.3 Å². The lowest BCUT2D eigenvalue weighted by molar-refractivity contribution is 0.236. The molecule has 2 rings (SSSR count). The van der Waals surface area contributed by atoms with Gasteiger partial charge in [0.05, 0.1) is 6.67 Å². The van der Waals surface area contributed by atoms with Crippen LogP contribution in [0, 0.1) is 0 Å². The van der Waals surface area contributed by atoms with Gasteiger partial charge in [-0.2, -0.15) is 0 Å². The molecule has 82 valence electrons. The Morgan fingerprint density at radius 3 is 2.53 bits per heavy atom. The summed E-state index contributed by atoms with van der Waals surface area (Å²) < 4.78 is 14.4. The van der Waals surface area contributed by atoms with Crippen molar-refractivity contribution in [2.75, 3.05) is 19.8 Å². The van der Waals surface area contributed by atoms with Crippen molar-refractivity contribution < 1.29 is 4.39 Å². The van der Waals surface area contributed by atoms with E-state index in [1.165, 1.54) is 0 Å². The molecule has 0 atom stereocenters. The summed E-state index contributed by atoms with van der Waals surface area (Å²) in [7, 11) is 0. The predicted octanol–water partition coefficient (Wildman–Crippen LogP) is 3.04. The first-order valence-electron chi connectivity index (χ1n) is 5.30. The fourth-order valence-corrected chi connectivity index (χ4v) is 2.98. The monoisotopic (exact) mass is 271 g/mol. The van der Waals surface area contributed by atoms with Crippen molar-refractivity contribution in [3.05, 3.63) is 34.3 Å². The molecule has 1 fully saturated rings. The Bertz CT molecular complexity index is 334. The third kappa shape index (κ3) is 2.08. The highest BCUT2D eigenvalue weighted by atomic mass is 79.9. The zero-order chi connectivity index (χ0) is 10.7. The third-order valence-electron chi connectivity index (χ3n) is 3.26. The SMILES string of the molecule is FCC1(c2ccccc2Br)CCNCC1. The van der Waals surface area contributed by atoms with Crippen LogP contribution in [0.2, 0.25) is 0 Å². The maximum Gasteiger partial charge on any atom is 0.0992 e. The second-order valence-corrected chi connectivity index (χ2v) is 5.00. The molecule has 0 bridgehead atoms. The molecule has 1 N–H and O–H groups in total. The van der Waals surface area contributed by atoms with Crippen LogP contribution in [0.5, 0.6) is 0 Å². The molecule has 15 heavy (non-hydrogen) atoms. The van der Waals surface area contributed by atoms with E-state index < -0.39 is 0 Å². The first-order valence-corrected chi connectivity index (χ1v) is 6.09. The van der Waals surface area contributed by atoms with Crippen LogP contribution in [0.1, 0.15) is 18.4 Å². The van der Waals surface area contributed by atoms with E-state index in [-0.39, 0.29) is 12.1 Å². The Labute approximate surface area is 98.2 Å². The summed E-state index contributed by atoms with van der Waals surface area (Å²) in [6.45, 7) is 1.55. The summed E-state index contributed by atoms with van der Waals surface area (Å²) >= 11 is 3.52. The van der Waals surface area contributed by atoms with Crippen LogP contribution in [0.15, 0.2) is 28.7 Å². The van der Waals surface area contributed by atoms with E-state index in [0.29, 0.717) is 0 Å². The van der Waals surface area contributed by atoms with Crippen molar-refractivity contribution in [3.63, 3.8) is 0 Å². The van der Waals surface area contributed by atoms with Crippen LogP contribution in [-0.2, 0) is 5.41 Å². The molecule has 0 aliphatic carbocycles. The van der Waals surface area contributed by atoms with Crippen molar-refractivity contribution in [2.45, 2.75) is 18.3 Å². The summed E-state index contributed by atoms with van der Waals surface area (Å²) in [5.41, 5.74) is 0.847. The number of hydrogen-bond donors (Lipinski definition) is 1. The smallest absolute Gasteiger partial charge is 0.0992 e. The summed E-state index contributed by atoms with van der Waals surface area (Å²) in [6, 6.07) is 7.99. The normalized spacial score (nSPS) is 20.1. The molecule has 0 saturated carbocycles. The summed E-state index contributed by atoms with van der Waals surface area (Å²) in [4.78, 5) is 0. The lowest BCUT2D eigenvalue weighted by atomic mass is 9.74. The van der Waals surface area contributed by atoms with Crippen LogP contribution in [0.3, 0.4) is 0 Å². The van der Waals surface area contributed by atoms with Crippen molar-refractivity contribution >= 4 is 15.9 Å². The third-order valence-corrected chi connectivity index (χ3v) is 3.95. The Kier molecular flexibility index (Phi) is 3.42. The number of benzene rings is 1. The van der Waals surface area contributed by atoms with Crippen LogP contribution < -0.4 is 5.32 Å². The molecule has 1 saturated heterocycles. The molecular weight excluding hydrogens is 257 g/mol. The zero-order valence-electron chi connectivity index (χ0n) is 8.60. The maximum atomic E-state index is 13.4. The molecule has 0 unspecified atom stereocenters. The summed E-state index contributed by atoms with van der Waals surface area (Å²) in [5, 5.41) is 3.28. The highest BCUT2D eigenvalue weighted by Gasteiger charge is 2.35. The van der Waals surface area contributed by atoms with Gasteiger partial charge >= 0.3 is 0 Å². The van der Waals surface area contributed by atoms with Crippen LogP contribution in [-0.4, -0.2) is 19.8 Å². The molecule has 0 amide bonds. The van der Waals surface area contributed by atoms with Gasteiger partial charge in [-0.25, -0.2) is 0 Å². The van der Waals surface area contributed by atoms with Gasteiger partial charge in [-0.05, 0) is 37.6 Å². The minimum atomic E-state index is -0.272. The lowest BCUT2D eigenvalue weighted by Gasteiger charge is -2.36. The zero-order valence-corrected chi connectivity index (χ0v) is 10.2. The average Bonchev–Trinajstić information content (AvgIpc) is 2.30. The second-order valence-electron chi connectivity index (χ2n) is 4.14. The Hall–Kier alpha value is -0.410. The minimum absolute atomic E-state index is 0.267. The molecule has 3 heteroatoms. The fraction of sp³-hybridized carbons (Fsp3) is 0.500. The van der Waals surface area contributed by atoms with E-state index in [0.717, 1.165) is 36.0 Å². The molecule has 0 radical (unpaired) electrons. The molecule has 1 aromatic rings. The van der Waals surface area contributed by atoms with Gasteiger partial charge in [0.25, 0.3) is 0 Å². The van der Waals surface area contributed by atoms with E-state index in [2.05, 4.69) is 21.2 Å². The summed E-state index contributed by atoms with van der Waals surface area (Å²) in [6.07, 6.45) is 1.76. The first kappa shape index (κ1) is 11.1. The Morgan fingerprint density at radius 1 is 1.27 bits per heavy atom. The molecule has 0 spiro atoms. The van der Waals surface area contributed by atoms with E-state index in [1.54, 1.807) is 0 Å². The standard InChI is InChI=1S/C12H15BrFN/c13-11-4-2-1-3-10(11)12(9-14)5-7-15-8-6-12/h1-4,15H,5-9H2. The van der Waals surface area contributed by atoms with Gasteiger partial charge in [0, 0.05) is 9.89 Å². The molecule has 0 aromatic heterocycles. The topological polar surface area (TPSA) is 12.0 Å². The van der Waals surface area contributed by atoms with E-state index >= 15 is 0 Å². The number of piperidine rings is 1. The molecule has 1 nitrogen and oxygen atoms in total. The highest BCUT2D eigenvalue weighted by molar-refractivity contribution is 9.10. The van der Waals surface area contributed by atoms with Crippen molar-refractivity contribution in [1.29, 1.82) is 0 Å². The van der Waals surface area contributed by atoms with E-state index in [4.69, 9.17) is 0 Å². The lowest BCUT2D eigenvalue weighted by Crippen LogP contribution is -2.41. The summed E-state index contributed by atoms with van der Waals surface area (Å²) in [5.74, 6) is 0. The molecule has 1 aliphatic rings. The average molecular weight is 272 g/mol. The largest absolute Gasteiger partial charge is 0.317 e. The highest BCUT2D eigenvalue weighted by Crippen LogP contribution is 2.37. The van der Waals surface area contributed by atoms with Crippen LogP contribution in [0.4, 0.5) is 4.39 Å². The number of halogens is 2. The molecular formula is C12H15BrFN. The van der Waals surface area contributed by atoms with Gasteiger partial charge in [-0.15, -0.1) is 0 Å². The number of alkyl halides is 1. The van der Waals surface area contributed by atoms with Gasteiger partial charge < -0.3 is 5.32 Å². The van der Waals surface area contributed by atoms with Gasteiger partial charge in [0.15, 0.2) is 0 Å². The number of nitrogens with one attached hydrogen (secondary N) is 1. The molecule has 1 aliphatic heterocycles. The first-order chi connectivity index (χ1) is 7.28. The molecule has 1 heterocycles. The van der Waals surface area contributed by atoms with E-state index in [9.17, 15) is 4.39 Å². The van der Waals surface area contributed by atoms with Gasteiger partial charge in [0.2, 0.25) is 0 Å². The van der Waals surface area contributed by atoms with Crippen molar-refractivity contribution in [2.24, 2.45) is 0 Å². The van der Waals surface area contributed by atoms with Gasteiger partial charge in [0.1, 0.15) is 0 Å². The second kappa shape index (κ2) is 4.62. The van der Waals surface area contributed by atoms with Crippen molar-refractivity contribution in [1.82, 2.24) is 5.32 Å². The predicted molar refractivity (Wildman–Crippen MR) is 63.9 cm³/mol. The fourth-order valence-electron chi connectivity index (χ4n) is 2.27. The Balaban J connectivity index is 2.36. The minimum Gasteiger partial charge on any atom is -0.317 e. The Morgan fingerprint density at radius 2 is 1.93 bits per heavy atom. The van der Waals surface area contributed by atoms with Crippen molar-refractivity contribution in [3.8, 4) is 0 Å². The quantitative estimate of drug-likeness (QED) is 0.872. The molecule has 1 aromatic carbocycles. The number of hydrogen-bond acceptors (Lipinski definition) is 1.